The number of benzene rings is 3. The van der Waals surface area contributed by atoms with E-state index in [1.807, 2.05) is 92.7 Å². The molecule has 1 aliphatic rings. The second-order valence-electron chi connectivity index (χ2n) is 13.1. The van der Waals surface area contributed by atoms with Crippen molar-refractivity contribution in [1.82, 2.24) is 0 Å². The molecule has 0 amide bonds. The number of rotatable bonds is 15. The Morgan fingerprint density at radius 1 is 0.870 bits per heavy atom. The van der Waals surface area contributed by atoms with E-state index in [1.165, 1.54) is 18.9 Å². The Morgan fingerprint density at radius 2 is 1.48 bits per heavy atom. The van der Waals surface area contributed by atoms with Gasteiger partial charge in [0.25, 0.3) is 0 Å². The molecule has 0 spiro atoms. The van der Waals surface area contributed by atoms with Crippen LogP contribution in [0.5, 0.6) is 0 Å². The Hall–Kier alpha value is -2.98. The van der Waals surface area contributed by atoms with Crippen molar-refractivity contribution in [2.75, 3.05) is 20.3 Å². The summed E-state index contributed by atoms with van der Waals surface area (Å²) in [5.41, 5.74) is 1.56. The van der Waals surface area contributed by atoms with Gasteiger partial charge in [0.2, 0.25) is 0 Å². The minimum Gasteiger partial charge on any atom is -0.468 e. The maximum absolute atomic E-state index is 14.1. The van der Waals surface area contributed by atoms with Crippen molar-refractivity contribution in [3.8, 4) is 0 Å². The van der Waals surface area contributed by atoms with E-state index >= 15 is 0 Å². The number of thiocarbonyl (C=S) groups is 1. The molecule has 6 nitrogen and oxygen atoms in total. The molecule has 0 bridgehead atoms. The first-order valence-corrected chi connectivity index (χ1v) is 17.1. The molecular weight excluding hydrogens is 615 g/mol. The molecule has 9 heteroatoms. The first-order valence-electron chi connectivity index (χ1n) is 15.9. The molecule has 0 aromatic heterocycles. The maximum Gasteiger partial charge on any atom is 0.494 e. The molecule has 1 saturated heterocycles. The molecule has 0 N–H and O–H groups in total. The minimum absolute atomic E-state index is 0.00378. The molecule has 0 aliphatic carbocycles. The predicted molar refractivity (Wildman–Crippen MR) is 190 cm³/mol. The molecule has 46 heavy (non-hydrogen) atoms. The predicted octanol–water partition coefficient (Wildman–Crippen LogP) is 7.32. The zero-order chi connectivity index (χ0) is 33.2. The van der Waals surface area contributed by atoms with Crippen molar-refractivity contribution in [3.63, 3.8) is 0 Å². The monoisotopic (exact) mass is 660 g/mol. The van der Waals surface area contributed by atoms with Crippen LogP contribution >= 0.6 is 24.0 Å². The molecule has 0 radical (unpaired) electrons. The SMILES string of the molecule is COC(=O)C(C)(CC(C)(CC(C)(C)c1ccccc1)C(=O)OCCCCC1COB(c2ccccc2)O1)SC(=S)c1ccccc1. The van der Waals surface area contributed by atoms with Crippen molar-refractivity contribution in [2.45, 2.75) is 76.1 Å². The first-order chi connectivity index (χ1) is 22.0. The summed E-state index contributed by atoms with van der Waals surface area (Å²) >= 11 is 7.04. The zero-order valence-electron chi connectivity index (χ0n) is 27.5. The number of esters is 2. The van der Waals surface area contributed by atoms with Crippen LogP contribution in [-0.4, -0.2) is 54.4 Å². The lowest BCUT2D eigenvalue weighted by Gasteiger charge is -2.40. The van der Waals surface area contributed by atoms with Crippen LogP contribution in [-0.2, 0) is 33.8 Å². The molecule has 3 unspecified atom stereocenters. The van der Waals surface area contributed by atoms with Gasteiger partial charge in [-0.25, -0.2) is 0 Å². The van der Waals surface area contributed by atoms with E-state index in [1.54, 1.807) is 0 Å². The molecule has 1 heterocycles. The van der Waals surface area contributed by atoms with Gasteiger partial charge in [0.15, 0.2) is 0 Å². The fraction of sp³-hybridized carbons (Fsp3) is 0.432. The third-order valence-electron chi connectivity index (χ3n) is 8.53. The Labute approximate surface area is 284 Å². The van der Waals surface area contributed by atoms with Gasteiger partial charge in [0.1, 0.15) is 4.75 Å². The van der Waals surface area contributed by atoms with E-state index in [4.69, 9.17) is 31.0 Å². The van der Waals surface area contributed by atoms with Gasteiger partial charge in [0.05, 0.1) is 36.0 Å². The topological polar surface area (TPSA) is 71.1 Å². The summed E-state index contributed by atoms with van der Waals surface area (Å²) in [5, 5.41) is 0. The summed E-state index contributed by atoms with van der Waals surface area (Å²) in [6, 6.07) is 29.6. The quantitative estimate of drug-likeness (QED) is 0.0728. The highest BCUT2D eigenvalue weighted by Crippen LogP contribution is 2.47. The second kappa shape index (κ2) is 16.2. The van der Waals surface area contributed by atoms with Crippen molar-refractivity contribution < 1.29 is 28.4 Å². The van der Waals surface area contributed by atoms with E-state index in [-0.39, 0.29) is 37.6 Å². The number of thioether (sulfide) groups is 1. The number of carbonyl (C=O) groups is 2. The number of hydrogen-bond donors (Lipinski definition) is 0. The second-order valence-corrected chi connectivity index (χ2v) is 15.3. The van der Waals surface area contributed by atoms with Gasteiger partial charge >= 0.3 is 19.1 Å². The van der Waals surface area contributed by atoms with Crippen LogP contribution in [0, 0.1) is 5.41 Å². The molecular formula is C37H45BO6S2. The Kier molecular flexibility index (Phi) is 12.7. The number of unbranched alkanes of at least 4 members (excludes halogenated alkanes) is 1. The van der Waals surface area contributed by atoms with Crippen LogP contribution in [0.1, 0.15) is 70.9 Å². The largest absolute Gasteiger partial charge is 0.494 e. The molecule has 4 rings (SSSR count). The van der Waals surface area contributed by atoms with Crippen molar-refractivity contribution in [1.29, 1.82) is 0 Å². The summed E-state index contributed by atoms with van der Waals surface area (Å²) in [5.74, 6) is -0.762. The Balaban J connectivity index is 1.44. The smallest absolute Gasteiger partial charge is 0.468 e. The third kappa shape index (κ3) is 9.53. The highest BCUT2D eigenvalue weighted by Gasteiger charge is 2.50. The van der Waals surface area contributed by atoms with Crippen LogP contribution in [0.3, 0.4) is 0 Å². The van der Waals surface area contributed by atoms with Gasteiger partial charge in [-0.3, -0.25) is 9.59 Å². The molecule has 3 aromatic carbocycles. The van der Waals surface area contributed by atoms with Crippen molar-refractivity contribution in [3.05, 3.63) is 102 Å². The maximum atomic E-state index is 14.1. The van der Waals surface area contributed by atoms with Gasteiger partial charge in [-0.1, -0.05) is 129 Å². The van der Waals surface area contributed by atoms with Crippen LogP contribution in [0.4, 0.5) is 0 Å². The normalized spacial score (nSPS) is 17.5. The fourth-order valence-corrected chi connectivity index (χ4v) is 8.23. The van der Waals surface area contributed by atoms with E-state index in [0.717, 1.165) is 29.4 Å². The standard InChI is InChI=1S/C37H45BO6S2/c1-35(2,29-19-11-7-12-20-29)26-36(3,27-37(4,34(40)41-5)46-32(45)28-17-9-6-10-18-28)33(39)42-24-16-15-23-31-25-43-38(44-31)30-21-13-8-14-22-30/h6-14,17-22,31H,15-16,23-27H2,1-5H3. The summed E-state index contributed by atoms with van der Waals surface area (Å²) in [7, 11) is 1.03. The average molecular weight is 661 g/mol. The number of ether oxygens (including phenoxy) is 2. The number of hydrogen-bond acceptors (Lipinski definition) is 8. The molecule has 1 fully saturated rings. The minimum atomic E-state index is -1.13. The molecule has 3 atom stereocenters. The van der Waals surface area contributed by atoms with Crippen molar-refractivity contribution >= 4 is 52.7 Å². The molecule has 3 aromatic rings. The van der Waals surface area contributed by atoms with Crippen molar-refractivity contribution in [2.24, 2.45) is 5.41 Å². The average Bonchev–Trinajstić information content (AvgIpc) is 3.54. The summed E-state index contributed by atoms with van der Waals surface area (Å²) in [6.07, 6.45) is 2.99. The van der Waals surface area contributed by atoms with E-state index in [9.17, 15) is 9.59 Å². The fourth-order valence-electron chi connectivity index (χ4n) is 6.32. The van der Waals surface area contributed by atoms with Gasteiger partial charge in [-0.2, -0.15) is 0 Å². The lowest BCUT2D eigenvalue weighted by Crippen LogP contribution is -2.45. The summed E-state index contributed by atoms with van der Waals surface area (Å²) in [4.78, 5) is 27.5. The van der Waals surface area contributed by atoms with Gasteiger partial charge < -0.3 is 18.8 Å². The molecule has 244 valence electrons. The van der Waals surface area contributed by atoms with Crippen LogP contribution in [0.2, 0.25) is 0 Å². The first kappa shape index (κ1) is 35.9. The van der Waals surface area contributed by atoms with E-state index in [0.29, 0.717) is 23.6 Å². The molecule has 0 saturated carbocycles. The third-order valence-corrected chi connectivity index (χ3v) is 10.2. The lowest BCUT2D eigenvalue weighted by atomic mass is 9.67. The van der Waals surface area contributed by atoms with Gasteiger partial charge in [-0.15, -0.1) is 0 Å². The van der Waals surface area contributed by atoms with Crippen LogP contribution < -0.4 is 5.46 Å². The Morgan fingerprint density at radius 3 is 2.11 bits per heavy atom. The zero-order valence-corrected chi connectivity index (χ0v) is 29.2. The Bertz CT molecular complexity index is 1440. The summed E-state index contributed by atoms with van der Waals surface area (Å²) < 4.78 is 22.7. The van der Waals surface area contributed by atoms with Crippen LogP contribution in [0.15, 0.2) is 91.0 Å². The van der Waals surface area contributed by atoms with E-state index in [2.05, 4.69) is 26.0 Å². The molecule has 1 aliphatic heterocycles. The highest BCUT2D eigenvalue weighted by atomic mass is 32.2. The highest BCUT2D eigenvalue weighted by molar-refractivity contribution is 8.25. The van der Waals surface area contributed by atoms with E-state index < -0.39 is 16.1 Å². The summed E-state index contributed by atoms with van der Waals surface area (Å²) in [6.45, 7) is 8.78. The number of carbonyl (C=O) groups excluding carboxylic acids is 2. The lowest BCUT2D eigenvalue weighted by molar-refractivity contribution is -0.158. The van der Waals surface area contributed by atoms with Crippen LogP contribution in [0.25, 0.3) is 0 Å². The number of methoxy groups -OCH3 is 1. The van der Waals surface area contributed by atoms with Gasteiger partial charge in [0, 0.05) is 0 Å². The van der Waals surface area contributed by atoms with Gasteiger partial charge in [-0.05, 0) is 68.0 Å².